The van der Waals surface area contributed by atoms with E-state index in [-0.39, 0.29) is 43.5 Å². The fourth-order valence-electron chi connectivity index (χ4n) is 5.55. The number of carbonyl (C=O) groups excluding carboxylic acids is 4. The van der Waals surface area contributed by atoms with Crippen molar-refractivity contribution in [3.05, 3.63) is 53.3 Å². The third-order valence-electron chi connectivity index (χ3n) is 7.69. The summed E-state index contributed by atoms with van der Waals surface area (Å²) in [5.74, 6) is 0.664. The van der Waals surface area contributed by atoms with Gasteiger partial charge < -0.3 is 19.7 Å². The van der Waals surface area contributed by atoms with Crippen molar-refractivity contribution < 1.29 is 19.2 Å². The topological polar surface area (TPSA) is 117 Å². The smallest absolute Gasteiger partial charge is 0.255 e. The highest BCUT2D eigenvalue weighted by Crippen LogP contribution is 2.32. The molecule has 3 heterocycles. The number of imide groups is 1. The van der Waals surface area contributed by atoms with Crippen LogP contribution in [0.5, 0.6) is 0 Å². The molecule has 0 aliphatic carbocycles. The van der Waals surface area contributed by atoms with Gasteiger partial charge >= 0.3 is 0 Å². The molecule has 1 atom stereocenters. The van der Waals surface area contributed by atoms with Crippen molar-refractivity contribution in [3.8, 4) is 0 Å². The molecule has 41 heavy (non-hydrogen) atoms. The van der Waals surface area contributed by atoms with E-state index in [0.717, 1.165) is 22.5 Å². The monoisotopic (exact) mass is 598 g/mol. The lowest BCUT2D eigenvalue weighted by Crippen LogP contribution is -2.52. The second-order valence-corrected chi connectivity index (χ2v) is 11.0. The number of benzene rings is 2. The number of piperidine rings is 1. The minimum absolute atomic E-state index is 0.163. The van der Waals surface area contributed by atoms with Crippen molar-refractivity contribution in [1.82, 2.24) is 19.8 Å². The number of fused-ring (bicyclic) bond motifs is 2. The van der Waals surface area contributed by atoms with Crippen molar-refractivity contribution >= 4 is 69.2 Å². The maximum absolute atomic E-state index is 13.0. The fourth-order valence-corrected chi connectivity index (χ4v) is 5.96. The van der Waals surface area contributed by atoms with E-state index in [9.17, 15) is 19.2 Å². The molecule has 2 N–H and O–H groups in total. The zero-order valence-electron chi connectivity index (χ0n) is 22.8. The van der Waals surface area contributed by atoms with Crippen molar-refractivity contribution in [2.45, 2.75) is 44.7 Å². The molecule has 12 heteroatoms. The van der Waals surface area contributed by atoms with E-state index in [2.05, 4.69) is 15.5 Å². The Balaban J connectivity index is 1.21. The molecule has 3 aromatic rings. The van der Waals surface area contributed by atoms with E-state index in [1.54, 1.807) is 18.2 Å². The number of aryl methyl sites for hydroxylation is 2. The zero-order valence-corrected chi connectivity index (χ0v) is 24.3. The van der Waals surface area contributed by atoms with Crippen molar-refractivity contribution in [1.29, 1.82) is 0 Å². The number of hydrogen-bond donors (Lipinski definition) is 2. The molecule has 4 amide bonds. The maximum Gasteiger partial charge on any atom is 0.255 e. The number of amides is 4. The van der Waals surface area contributed by atoms with Gasteiger partial charge in [0.15, 0.2) is 0 Å². The van der Waals surface area contributed by atoms with Gasteiger partial charge in [0.2, 0.25) is 17.7 Å². The highest BCUT2D eigenvalue weighted by atomic mass is 35.5. The van der Waals surface area contributed by atoms with Gasteiger partial charge in [-0.15, -0.1) is 23.2 Å². The van der Waals surface area contributed by atoms with Crippen LogP contribution in [0.1, 0.15) is 47.4 Å². The number of alkyl halides is 2. The highest BCUT2D eigenvalue weighted by Gasteiger charge is 2.39. The molecule has 5 rings (SSSR count). The van der Waals surface area contributed by atoms with Gasteiger partial charge in [0, 0.05) is 80.2 Å². The number of rotatable bonds is 11. The van der Waals surface area contributed by atoms with Crippen LogP contribution < -0.4 is 15.5 Å². The Morgan fingerprint density at radius 1 is 1.15 bits per heavy atom. The Morgan fingerprint density at radius 2 is 1.93 bits per heavy atom. The van der Waals surface area contributed by atoms with Gasteiger partial charge in [-0.05, 0) is 43.2 Å². The van der Waals surface area contributed by atoms with Crippen molar-refractivity contribution in [3.63, 3.8) is 0 Å². The van der Waals surface area contributed by atoms with Crippen LogP contribution in [-0.4, -0.2) is 69.0 Å². The van der Waals surface area contributed by atoms with Gasteiger partial charge in [0.25, 0.3) is 5.91 Å². The molecule has 216 valence electrons. The second-order valence-electron chi connectivity index (χ2n) is 10.3. The van der Waals surface area contributed by atoms with Crippen LogP contribution in [-0.2, 0) is 34.4 Å². The Bertz CT molecular complexity index is 1500. The quantitative estimate of drug-likeness (QED) is 0.257. The average Bonchev–Trinajstić information content (AvgIpc) is 3.45. The number of anilines is 2. The van der Waals surface area contributed by atoms with Crippen LogP contribution in [0, 0.1) is 0 Å². The largest absolute Gasteiger partial charge is 0.369 e. The first-order chi connectivity index (χ1) is 19.8. The third kappa shape index (κ3) is 6.04. The molecule has 2 aromatic carbocycles. The van der Waals surface area contributed by atoms with Crippen molar-refractivity contribution in [2.75, 3.05) is 35.1 Å². The summed E-state index contributed by atoms with van der Waals surface area (Å²) in [6.45, 7) is 1.59. The number of nitrogens with zero attached hydrogens (tertiary/aromatic N) is 4. The Hall–Kier alpha value is -3.63. The first kappa shape index (κ1) is 28.9. The zero-order chi connectivity index (χ0) is 29.1. The van der Waals surface area contributed by atoms with Gasteiger partial charge in [-0.1, -0.05) is 6.07 Å². The first-order valence-corrected chi connectivity index (χ1v) is 14.8. The molecule has 0 spiro atoms. The fraction of sp³-hybridized carbons (Fsp3) is 0.414. The van der Waals surface area contributed by atoms with Gasteiger partial charge in [-0.25, -0.2) is 4.98 Å². The minimum Gasteiger partial charge on any atom is -0.369 e. The van der Waals surface area contributed by atoms with Crippen LogP contribution in [0.25, 0.3) is 11.0 Å². The average molecular weight is 600 g/mol. The lowest BCUT2D eigenvalue weighted by molar-refractivity contribution is -0.137. The summed E-state index contributed by atoms with van der Waals surface area (Å²) in [5.41, 5.74) is 4.61. The molecular weight excluding hydrogens is 567 g/mol. The normalized spacial score (nSPS) is 16.7. The summed E-state index contributed by atoms with van der Waals surface area (Å²) >= 11 is 11.9. The van der Waals surface area contributed by atoms with Gasteiger partial charge in [0.1, 0.15) is 11.9 Å². The number of hydrogen-bond acceptors (Lipinski definition) is 6. The van der Waals surface area contributed by atoms with E-state index in [1.807, 2.05) is 29.8 Å². The lowest BCUT2D eigenvalue weighted by Gasteiger charge is -2.29. The summed E-state index contributed by atoms with van der Waals surface area (Å²) < 4.78 is 2.05. The molecule has 10 nitrogen and oxygen atoms in total. The molecule has 1 fully saturated rings. The summed E-state index contributed by atoms with van der Waals surface area (Å²) in [6.07, 6.45) is 1.97. The summed E-state index contributed by atoms with van der Waals surface area (Å²) in [4.78, 5) is 58.2. The maximum atomic E-state index is 13.0. The number of aromatic nitrogens is 2. The molecule has 0 saturated carbocycles. The Morgan fingerprint density at radius 3 is 2.66 bits per heavy atom. The predicted octanol–water partition coefficient (Wildman–Crippen LogP) is 3.58. The van der Waals surface area contributed by atoms with Crippen LogP contribution in [0.4, 0.5) is 11.4 Å². The summed E-state index contributed by atoms with van der Waals surface area (Å²) in [7, 11) is 1.97. The highest BCUT2D eigenvalue weighted by molar-refractivity contribution is 6.18. The molecule has 2 aliphatic rings. The molecular formula is C29H32Cl2N6O4. The van der Waals surface area contributed by atoms with Crippen LogP contribution in [0.3, 0.4) is 0 Å². The van der Waals surface area contributed by atoms with E-state index in [0.29, 0.717) is 54.5 Å². The van der Waals surface area contributed by atoms with E-state index >= 15 is 0 Å². The minimum atomic E-state index is -0.704. The number of imidazole rings is 1. The standard InChI is InChI=1S/C29H32Cl2N6O4/c1-35-23-9-8-18(36(14-12-30)15-13-31)16-22(23)32-25(35)6-3-7-26(38)33-21-5-2-4-19-20(21)17-37(29(19)41)24-10-11-27(39)34-28(24)40/h2,4-5,8-9,16,24H,3,6-7,10-15,17H2,1H3,(H,33,38)(H,34,39,40). The van der Waals surface area contributed by atoms with Gasteiger partial charge in [-0.2, -0.15) is 0 Å². The van der Waals surface area contributed by atoms with E-state index < -0.39 is 11.9 Å². The number of carbonyl (C=O) groups is 4. The van der Waals surface area contributed by atoms with Crippen LogP contribution in [0.15, 0.2) is 36.4 Å². The Kier molecular flexibility index (Phi) is 8.79. The molecule has 0 bridgehead atoms. The molecule has 1 aromatic heterocycles. The number of nitrogens with one attached hydrogen (secondary N) is 2. The lowest BCUT2D eigenvalue weighted by atomic mass is 10.0. The van der Waals surface area contributed by atoms with Gasteiger partial charge in [0.05, 0.1) is 11.0 Å². The molecule has 1 unspecified atom stereocenters. The van der Waals surface area contributed by atoms with Crippen molar-refractivity contribution in [2.24, 2.45) is 7.05 Å². The SMILES string of the molecule is Cn1c(CCCC(=O)Nc2cccc3c2CN(C2CCC(=O)NC2=O)C3=O)nc2cc(N(CCCl)CCCl)ccc21. The van der Waals surface area contributed by atoms with E-state index in [4.69, 9.17) is 28.2 Å². The predicted molar refractivity (Wildman–Crippen MR) is 158 cm³/mol. The molecule has 2 aliphatic heterocycles. The Labute approximate surface area is 248 Å². The van der Waals surface area contributed by atoms with Crippen LogP contribution in [0.2, 0.25) is 0 Å². The van der Waals surface area contributed by atoms with E-state index in [1.165, 1.54) is 4.90 Å². The van der Waals surface area contributed by atoms with Gasteiger partial charge in [-0.3, -0.25) is 24.5 Å². The third-order valence-corrected chi connectivity index (χ3v) is 8.03. The molecule has 1 saturated heterocycles. The summed E-state index contributed by atoms with van der Waals surface area (Å²) in [6, 6.07) is 10.6. The van der Waals surface area contributed by atoms with Crippen LogP contribution >= 0.6 is 23.2 Å². The first-order valence-electron chi connectivity index (χ1n) is 13.7. The molecule has 0 radical (unpaired) electrons. The summed E-state index contributed by atoms with van der Waals surface area (Å²) in [5, 5.41) is 5.26. The number of halogens is 2. The second kappa shape index (κ2) is 12.5.